The average Bonchev–Trinajstić information content (AvgIpc) is 3.11. The second-order valence-electron chi connectivity index (χ2n) is 5.03. The molecule has 25 heavy (non-hydrogen) atoms. The number of carbonyl (C=O) groups is 2. The molecule has 0 saturated heterocycles. The first-order valence-electron chi connectivity index (χ1n) is 7.40. The smallest absolute Gasteiger partial charge is 0.287 e. The summed E-state index contributed by atoms with van der Waals surface area (Å²) in [6.07, 6.45) is 1.20. The third-order valence-electron chi connectivity index (χ3n) is 3.34. The monoisotopic (exact) mass is 402 g/mol. The molecule has 0 aliphatic rings. The van der Waals surface area contributed by atoms with Crippen LogP contribution in [-0.4, -0.2) is 39.6 Å². The van der Waals surface area contributed by atoms with Gasteiger partial charge in [0.05, 0.1) is 24.3 Å². The largest absolute Gasteiger partial charge is 0.350 e. The molecule has 2 amide bonds. The van der Waals surface area contributed by atoms with E-state index in [4.69, 9.17) is 23.2 Å². The number of likely N-dealkylation sites (N-methyl/N-ethyl adjacent to an activating group) is 1. The molecule has 10 heteroatoms. The van der Waals surface area contributed by atoms with E-state index in [0.717, 1.165) is 9.56 Å². The third-order valence-corrected chi connectivity index (χ3v) is 4.96. The predicted molar refractivity (Wildman–Crippen MR) is 96.9 cm³/mol. The van der Waals surface area contributed by atoms with Gasteiger partial charge in [0.25, 0.3) is 5.56 Å². The van der Waals surface area contributed by atoms with Crippen LogP contribution in [0.4, 0.5) is 0 Å². The fourth-order valence-electron chi connectivity index (χ4n) is 1.99. The van der Waals surface area contributed by atoms with Gasteiger partial charge >= 0.3 is 0 Å². The van der Waals surface area contributed by atoms with Crippen LogP contribution in [0.2, 0.25) is 10.0 Å². The molecule has 0 radical (unpaired) electrons. The Labute approximate surface area is 158 Å². The van der Waals surface area contributed by atoms with Gasteiger partial charge in [-0.1, -0.05) is 29.3 Å². The number of amides is 2. The summed E-state index contributed by atoms with van der Waals surface area (Å²) in [5.41, 5.74) is -0.652. The van der Waals surface area contributed by atoms with Gasteiger partial charge in [0.1, 0.15) is 11.6 Å². The summed E-state index contributed by atoms with van der Waals surface area (Å²) in [6, 6.07) is 3.81. The van der Waals surface area contributed by atoms with Gasteiger partial charge in [-0.25, -0.2) is 4.68 Å². The quantitative estimate of drug-likeness (QED) is 0.764. The molecular weight excluding hydrogens is 387 g/mol. The third kappa shape index (κ3) is 5.29. The SMILES string of the molecule is CCN(CC(=O)NCc1cccs1)C(=O)Cn1ncc(Cl)c(Cl)c1=O. The maximum absolute atomic E-state index is 12.3. The first-order chi connectivity index (χ1) is 11.9. The first-order valence-corrected chi connectivity index (χ1v) is 9.04. The van der Waals surface area contributed by atoms with E-state index in [0.29, 0.717) is 13.1 Å². The van der Waals surface area contributed by atoms with Crippen LogP contribution in [0.1, 0.15) is 11.8 Å². The van der Waals surface area contributed by atoms with Gasteiger partial charge in [0.15, 0.2) is 0 Å². The predicted octanol–water partition coefficient (Wildman–Crippen LogP) is 1.78. The highest BCUT2D eigenvalue weighted by Gasteiger charge is 2.18. The van der Waals surface area contributed by atoms with Crippen molar-refractivity contribution >= 4 is 46.4 Å². The van der Waals surface area contributed by atoms with Gasteiger partial charge in [-0.3, -0.25) is 14.4 Å². The molecule has 2 rings (SSSR count). The Hall–Kier alpha value is -1.90. The fourth-order valence-corrected chi connectivity index (χ4v) is 2.91. The van der Waals surface area contributed by atoms with E-state index in [9.17, 15) is 14.4 Å². The number of carbonyl (C=O) groups excluding carboxylic acids is 2. The summed E-state index contributed by atoms with van der Waals surface area (Å²) >= 11 is 13.0. The van der Waals surface area contributed by atoms with E-state index in [-0.39, 0.29) is 29.0 Å². The van der Waals surface area contributed by atoms with E-state index in [1.54, 1.807) is 6.92 Å². The number of hydrogen-bond acceptors (Lipinski definition) is 5. The lowest BCUT2D eigenvalue weighted by molar-refractivity contribution is -0.136. The van der Waals surface area contributed by atoms with Crippen molar-refractivity contribution in [2.75, 3.05) is 13.1 Å². The topological polar surface area (TPSA) is 84.3 Å². The summed E-state index contributed by atoms with van der Waals surface area (Å²) in [4.78, 5) is 38.6. The second-order valence-corrected chi connectivity index (χ2v) is 6.85. The van der Waals surface area contributed by atoms with Crippen molar-refractivity contribution in [1.29, 1.82) is 0 Å². The van der Waals surface area contributed by atoms with Crippen molar-refractivity contribution < 1.29 is 9.59 Å². The van der Waals surface area contributed by atoms with Crippen molar-refractivity contribution in [1.82, 2.24) is 20.0 Å². The number of halogens is 2. The minimum atomic E-state index is -0.652. The Morgan fingerprint density at radius 2 is 2.16 bits per heavy atom. The summed E-state index contributed by atoms with van der Waals surface area (Å²) in [5.74, 6) is -0.695. The lowest BCUT2D eigenvalue weighted by Crippen LogP contribution is -2.43. The number of nitrogens with one attached hydrogen (secondary N) is 1. The average molecular weight is 403 g/mol. The lowest BCUT2D eigenvalue weighted by Gasteiger charge is -2.20. The zero-order chi connectivity index (χ0) is 18.4. The highest BCUT2D eigenvalue weighted by Crippen LogP contribution is 2.14. The van der Waals surface area contributed by atoms with Crippen LogP contribution in [0, 0.1) is 0 Å². The zero-order valence-electron chi connectivity index (χ0n) is 13.4. The van der Waals surface area contributed by atoms with Gasteiger partial charge < -0.3 is 10.2 Å². The number of aromatic nitrogens is 2. The lowest BCUT2D eigenvalue weighted by atomic mass is 10.4. The maximum atomic E-state index is 12.3. The van der Waals surface area contributed by atoms with Crippen LogP contribution < -0.4 is 10.9 Å². The summed E-state index contributed by atoms with van der Waals surface area (Å²) < 4.78 is 0.919. The van der Waals surface area contributed by atoms with Crippen LogP contribution in [0.5, 0.6) is 0 Å². The van der Waals surface area contributed by atoms with E-state index in [2.05, 4.69) is 10.4 Å². The van der Waals surface area contributed by atoms with Crippen molar-refractivity contribution in [3.8, 4) is 0 Å². The Morgan fingerprint density at radius 1 is 1.40 bits per heavy atom. The Balaban J connectivity index is 1.95. The van der Waals surface area contributed by atoms with Crippen LogP contribution in [0.3, 0.4) is 0 Å². The normalized spacial score (nSPS) is 10.5. The number of nitrogens with zero attached hydrogens (tertiary/aromatic N) is 3. The Bertz CT molecular complexity index is 808. The molecule has 2 aromatic rings. The highest BCUT2D eigenvalue weighted by molar-refractivity contribution is 7.09. The van der Waals surface area contributed by atoms with Crippen LogP contribution in [-0.2, 0) is 22.7 Å². The van der Waals surface area contributed by atoms with Crippen molar-refractivity contribution in [2.45, 2.75) is 20.0 Å². The molecule has 134 valence electrons. The summed E-state index contributed by atoms with van der Waals surface area (Å²) in [5, 5.41) is 8.29. The van der Waals surface area contributed by atoms with Gasteiger partial charge in [-0.2, -0.15) is 5.10 Å². The van der Waals surface area contributed by atoms with Crippen molar-refractivity contribution in [2.24, 2.45) is 0 Å². The Kier molecular flexibility index (Phi) is 6.98. The molecule has 0 atom stereocenters. The zero-order valence-corrected chi connectivity index (χ0v) is 15.7. The van der Waals surface area contributed by atoms with Gasteiger partial charge in [0, 0.05) is 11.4 Å². The molecule has 2 aromatic heterocycles. The Morgan fingerprint density at radius 3 is 2.80 bits per heavy atom. The van der Waals surface area contributed by atoms with Crippen molar-refractivity contribution in [3.05, 3.63) is 49.0 Å². The minimum absolute atomic E-state index is 0.0238. The second kappa shape index (κ2) is 8.98. The van der Waals surface area contributed by atoms with Crippen molar-refractivity contribution in [3.63, 3.8) is 0 Å². The molecule has 0 saturated carbocycles. The molecule has 0 fully saturated rings. The van der Waals surface area contributed by atoms with Crippen LogP contribution >= 0.6 is 34.5 Å². The van der Waals surface area contributed by atoms with Crippen LogP contribution in [0.15, 0.2) is 28.5 Å². The van der Waals surface area contributed by atoms with Gasteiger partial charge in [-0.05, 0) is 18.4 Å². The molecule has 7 nitrogen and oxygen atoms in total. The molecule has 0 unspecified atom stereocenters. The van der Waals surface area contributed by atoms with Crippen LogP contribution in [0.25, 0.3) is 0 Å². The fraction of sp³-hybridized carbons (Fsp3) is 0.333. The molecular formula is C15H16Cl2N4O3S. The van der Waals surface area contributed by atoms with Gasteiger partial charge in [-0.15, -0.1) is 11.3 Å². The number of hydrogen-bond donors (Lipinski definition) is 1. The molecule has 0 aromatic carbocycles. The summed E-state index contributed by atoms with van der Waals surface area (Å²) in [6.45, 7) is 2.06. The van der Waals surface area contributed by atoms with E-state index in [1.807, 2.05) is 17.5 Å². The molecule has 0 aliphatic heterocycles. The first kappa shape index (κ1) is 19.4. The number of thiophene rings is 1. The van der Waals surface area contributed by atoms with E-state index < -0.39 is 11.5 Å². The van der Waals surface area contributed by atoms with E-state index in [1.165, 1.54) is 22.4 Å². The molecule has 0 aliphatic carbocycles. The highest BCUT2D eigenvalue weighted by atomic mass is 35.5. The molecule has 0 spiro atoms. The standard InChI is InChI=1S/C15H16Cl2N4O3S/c1-2-20(8-12(22)18-6-10-4-3-5-25-10)13(23)9-21-15(24)14(17)11(16)7-19-21/h3-5,7H,2,6,8-9H2,1H3,(H,18,22). The molecule has 1 N–H and O–H groups in total. The summed E-state index contributed by atoms with van der Waals surface area (Å²) in [7, 11) is 0. The molecule has 0 bridgehead atoms. The van der Waals surface area contributed by atoms with Gasteiger partial charge in [0.2, 0.25) is 11.8 Å². The van der Waals surface area contributed by atoms with E-state index >= 15 is 0 Å². The minimum Gasteiger partial charge on any atom is -0.350 e. The maximum Gasteiger partial charge on any atom is 0.287 e. The number of rotatable bonds is 7. The molecule has 2 heterocycles.